The van der Waals surface area contributed by atoms with Gasteiger partial charge in [0.2, 0.25) is 0 Å². The van der Waals surface area contributed by atoms with Crippen LogP contribution < -0.4 is 5.25 Å². The summed E-state index contributed by atoms with van der Waals surface area (Å²) in [5.74, 6) is -0.879. The van der Waals surface area contributed by atoms with Crippen LogP contribution in [-0.2, 0) is 0 Å². The highest BCUT2D eigenvalue weighted by atomic mass is 35.5. The molecule has 0 aliphatic carbocycles. The molecule has 11 heavy (non-hydrogen) atoms. The molecule has 1 rings (SSSR count). The Morgan fingerprint density at radius 1 is 1.27 bits per heavy atom. The standard InChI is InChI=1S/C7H6O2.ClH2N/c8-7(9)6-4-2-1-3-5-6;1-2/h1-5H,(H,8,9);2H2. The first-order chi connectivity index (χ1) is 5.30. The van der Waals surface area contributed by atoms with Gasteiger partial charge in [0.25, 0.3) is 0 Å². The molecule has 0 heterocycles. The van der Waals surface area contributed by atoms with Gasteiger partial charge in [0.05, 0.1) is 5.56 Å². The molecule has 0 saturated carbocycles. The fourth-order valence-electron chi connectivity index (χ4n) is 0.581. The third-order valence-electron chi connectivity index (χ3n) is 1.02. The third kappa shape index (κ3) is 3.60. The van der Waals surface area contributed by atoms with Gasteiger partial charge in [-0.25, -0.2) is 10.0 Å². The molecule has 0 fully saturated rings. The van der Waals surface area contributed by atoms with Crippen LogP contribution in [0, 0.1) is 0 Å². The van der Waals surface area contributed by atoms with Crippen molar-refractivity contribution < 1.29 is 9.90 Å². The largest absolute Gasteiger partial charge is 0.478 e. The number of nitrogens with two attached hydrogens (primary N) is 1. The van der Waals surface area contributed by atoms with Crippen molar-refractivity contribution in [2.75, 3.05) is 0 Å². The summed E-state index contributed by atoms with van der Waals surface area (Å²) in [7, 11) is 0. The van der Waals surface area contributed by atoms with Crippen LogP contribution in [0.5, 0.6) is 0 Å². The molecule has 0 radical (unpaired) electrons. The topological polar surface area (TPSA) is 63.3 Å². The molecule has 0 aliphatic heterocycles. The lowest BCUT2D eigenvalue weighted by Crippen LogP contribution is -1.93. The van der Waals surface area contributed by atoms with E-state index in [2.05, 4.69) is 17.0 Å². The van der Waals surface area contributed by atoms with Gasteiger partial charge in [-0.2, -0.15) is 0 Å². The Bertz CT molecular complexity index is 213. The molecule has 3 N–H and O–H groups in total. The Labute approximate surface area is 69.5 Å². The van der Waals surface area contributed by atoms with Gasteiger partial charge in [-0.1, -0.05) is 18.2 Å². The molecular weight excluding hydrogens is 166 g/mol. The predicted octanol–water partition coefficient (Wildman–Crippen LogP) is 1.48. The van der Waals surface area contributed by atoms with Gasteiger partial charge in [0.1, 0.15) is 0 Å². The highest BCUT2D eigenvalue weighted by Gasteiger charge is 1.96. The van der Waals surface area contributed by atoms with Gasteiger partial charge in [0.15, 0.2) is 0 Å². The minimum absolute atomic E-state index is 0.331. The fraction of sp³-hybridized carbons (Fsp3) is 0. The second-order valence-corrected chi connectivity index (χ2v) is 1.67. The highest BCUT2D eigenvalue weighted by Crippen LogP contribution is 1.96. The SMILES string of the molecule is NCl.O=C(O)c1ccccc1. The van der Waals surface area contributed by atoms with Crippen molar-refractivity contribution in [1.82, 2.24) is 0 Å². The van der Waals surface area contributed by atoms with Gasteiger partial charge in [-0.3, -0.25) is 0 Å². The second-order valence-electron chi connectivity index (χ2n) is 1.67. The average Bonchev–Trinajstić information content (AvgIpc) is 2.10. The van der Waals surface area contributed by atoms with Crippen molar-refractivity contribution in [1.29, 1.82) is 0 Å². The molecule has 0 amide bonds. The molecular formula is C7H8ClNO2. The zero-order chi connectivity index (χ0) is 8.69. The van der Waals surface area contributed by atoms with Crippen LogP contribution in [0.15, 0.2) is 30.3 Å². The van der Waals surface area contributed by atoms with Crippen LogP contribution in [0.3, 0.4) is 0 Å². The highest BCUT2D eigenvalue weighted by molar-refractivity contribution is 6.11. The number of rotatable bonds is 1. The summed E-state index contributed by atoms with van der Waals surface area (Å²) in [5.41, 5.74) is 0.331. The summed E-state index contributed by atoms with van der Waals surface area (Å²) in [6, 6.07) is 8.30. The first kappa shape index (κ1) is 9.94. The van der Waals surface area contributed by atoms with Crippen molar-refractivity contribution in [3.63, 3.8) is 0 Å². The molecule has 3 nitrogen and oxygen atoms in total. The quantitative estimate of drug-likeness (QED) is 0.633. The van der Waals surface area contributed by atoms with E-state index in [0.717, 1.165) is 0 Å². The zero-order valence-corrected chi connectivity index (χ0v) is 6.45. The van der Waals surface area contributed by atoms with Crippen LogP contribution in [-0.4, -0.2) is 11.1 Å². The smallest absolute Gasteiger partial charge is 0.335 e. The van der Waals surface area contributed by atoms with Crippen LogP contribution in [0.2, 0.25) is 0 Å². The van der Waals surface area contributed by atoms with E-state index in [1.54, 1.807) is 30.3 Å². The first-order valence-corrected chi connectivity index (χ1v) is 3.24. The summed E-state index contributed by atoms with van der Waals surface area (Å²) in [5, 5.41) is 12.4. The normalized spacial score (nSPS) is 7.82. The van der Waals surface area contributed by atoms with E-state index in [-0.39, 0.29) is 0 Å². The molecule has 0 aromatic heterocycles. The first-order valence-electron chi connectivity index (χ1n) is 2.81. The van der Waals surface area contributed by atoms with Crippen molar-refractivity contribution >= 4 is 17.7 Å². The molecule has 60 valence electrons. The lowest BCUT2D eigenvalue weighted by atomic mass is 10.2. The van der Waals surface area contributed by atoms with Gasteiger partial charge in [-0.05, 0) is 23.9 Å². The van der Waals surface area contributed by atoms with E-state index in [1.165, 1.54) is 0 Å². The zero-order valence-electron chi connectivity index (χ0n) is 5.70. The van der Waals surface area contributed by atoms with Crippen molar-refractivity contribution in [3.05, 3.63) is 35.9 Å². The second kappa shape index (κ2) is 5.70. The average molecular weight is 174 g/mol. The number of aromatic carboxylic acids is 1. The van der Waals surface area contributed by atoms with Crippen LogP contribution in [0.25, 0.3) is 0 Å². The molecule has 0 saturated heterocycles. The number of carboxylic acids is 1. The summed E-state index contributed by atoms with van der Waals surface area (Å²) >= 11 is 4.14. The molecule has 0 aliphatic rings. The minimum atomic E-state index is -0.879. The maximum atomic E-state index is 10.2. The summed E-state index contributed by atoms with van der Waals surface area (Å²) in [4.78, 5) is 10.2. The fourth-order valence-corrected chi connectivity index (χ4v) is 0.581. The Hall–Kier alpha value is -1.06. The number of carbonyl (C=O) groups is 1. The van der Waals surface area contributed by atoms with E-state index in [4.69, 9.17) is 5.11 Å². The predicted molar refractivity (Wildman–Crippen MR) is 43.4 cm³/mol. The number of carboxylic acid groups (broad SMARTS) is 1. The summed E-state index contributed by atoms with van der Waals surface area (Å²) < 4.78 is 0. The maximum Gasteiger partial charge on any atom is 0.335 e. The number of hydrogen-bond donors (Lipinski definition) is 2. The number of hydrogen-bond acceptors (Lipinski definition) is 2. The van der Waals surface area contributed by atoms with E-state index < -0.39 is 5.97 Å². The molecule has 0 spiro atoms. The van der Waals surface area contributed by atoms with Gasteiger partial charge < -0.3 is 5.11 Å². The minimum Gasteiger partial charge on any atom is -0.478 e. The van der Waals surface area contributed by atoms with E-state index in [1.807, 2.05) is 0 Å². The maximum absolute atomic E-state index is 10.2. The van der Waals surface area contributed by atoms with Crippen molar-refractivity contribution in [2.24, 2.45) is 5.25 Å². The van der Waals surface area contributed by atoms with Gasteiger partial charge in [-0.15, -0.1) is 0 Å². The van der Waals surface area contributed by atoms with Crippen molar-refractivity contribution in [2.45, 2.75) is 0 Å². The van der Waals surface area contributed by atoms with Crippen LogP contribution in [0.4, 0.5) is 0 Å². The molecule has 1 aromatic carbocycles. The van der Waals surface area contributed by atoms with Crippen molar-refractivity contribution in [3.8, 4) is 0 Å². The molecule has 4 heteroatoms. The van der Waals surface area contributed by atoms with Crippen LogP contribution >= 0.6 is 11.8 Å². The molecule has 1 aromatic rings. The summed E-state index contributed by atoms with van der Waals surface area (Å²) in [6.45, 7) is 0. The number of halogens is 1. The van der Waals surface area contributed by atoms with E-state index in [0.29, 0.717) is 5.56 Å². The Morgan fingerprint density at radius 3 is 2.00 bits per heavy atom. The van der Waals surface area contributed by atoms with Crippen LogP contribution in [0.1, 0.15) is 10.4 Å². The Morgan fingerprint density at radius 2 is 1.73 bits per heavy atom. The lowest BCUT2D eigenvalue weighted by molar-refractivity contribution is 0.0697. The summed E-state index contributed by atoms with van der Waals surface area (Å²) in [6.07, 6.45) is 0. The van der Waals surface area contributed by atoms with Gasteiger partial charge in [0, 0.05) is 0 Å². The molecule has 0 unspecified atom stereocenters. The lowest BCUT2D eigenvalue weighted by Gasteiger charge is -1.88. The molecule has 0 atom stereocenters. The van der Waals surface area contributed by atoms with E-state index in [9.17, 15) is 4.79 Å². The van der Waals surface area contributed by atoms with Gasteiger partial charge >= 0.3 is 5.97 Å². The Balaban J connectivity index is 0.000000461. The van der Waals surface area contributed by atoms with E-state index >= 15 is 0 Å². The monoisotopic (exact) mass is 173 g/mol. The third-order valence-corrected chi connectivity index (χ3v) is 1.02. The molecule has 0 bridgehead atoms. The number of benzene rings is 1. The Kier molecular flexibility index (Phi) is 5.15.